The second-order valence-corrected chi connectivity index (χ2v) is 5.20. The molecule has 6 heteroatoms. The average Bonchev–Trinajstić information content (AvgIpc) is 1.63. The largest absolute Gasteiger partial charge is 1.00 e. The van der Waals surface area contributed by atoms with Crippen LogP contribution in [0.2, 0.25) is 12.6 Å². The summed E-state index contributed by atoms with van der Waals surface area (Å²) in [5, 5.41) is 0. The van der Waals surface area contributed by atoms with Gasteiger partial charge in [-0.2, -0.15) is 0 Å². The fourth-order valence-corrected chi connectivity index (χ4v) is 2.20. The third kappa shape index (κ3) is 11.9. The minimum atomic E-state index is -3.92. The van der Waals surface area contributed by atoms with Crippen LogP contribution in [0.5, 0.6) is 0 Å². The molecule has 0 spiro atoms. The van der Waals surface area contributed by atoms with Gasteiger partial charge in [0, 0.05) is 15.3 Å². The van der Waals surface area contributed by atoms with E-state index in [1.165, 1.54) is 0 Å². The maximum atomic E-state index is 9.97. The first-order valence-electron chi connectivity index (χ1n) is 3.00. The second-order valence-electron chi connectivity index (χ2n) is 1.97. The molecule has 0 saturated carbocycles. The van der Waals surface area contributed by atoms with Gasteiger partial charge >= 0.3 is 29.6 Å². The molecular weight excluding hydrogens is 179 g/mol. The molecule has 0 heterocycles. The summed E-state index contributed by atoms with van der Waals surface area (Å²) in [5.41, 5.74) is 0. The van der Waals surface area contributed by atoms with Crippen LogP contribution in [0.4, 0.5) is 0 Å². The Labute approximate surface area is 86.5 Å². The van der Waals surface area contributed by atoms with E-state index in [0.717, 1.165) is 6.04 Å². The van der Waals surface area contributed by atoms with Crippen molar-refractivity contribution in [2.75, 3.05) is 5.75 Å². The van der Waals surface area contributed by atoms with Crippen molar-refractivity contribution in [1.29, 1.82) is 0 Å². The van der Waals surface area contributed by atoms with Crippen molar-refractivity contribution in [3.8, 4) is 0 Å². The van der Waals surface area contributed by atoms with Gasteiger partial charge in [-0.25, -0.2) is 8.42 Å². The molecule has 0 saturated heterocycles. The summed E-state index contributed by atoms with van der Waals surface area (Å²) in [5.74, 6) is -0.173. The Morgan fingerprint density at radius 1 is 1.50 bits per heavy atom. The van der Waals surface area contributed by atoms with Crippen LogP contribution >= 0.6 is 0 Å². The monoisotopic (exact) mass is 190 g/mol. The molecule has 3 nitrogen and oxygen atoms in total. The topological polar surface area (TPSA) is 57.2 Å². The van der Waals surface area contributed by atoms with Gasteiger partial charge < -0.3 is 4.55 Å². The van der Waals surface area contributed by atoms with Crippen molar-refractivity contribution in [3.63, 3.8) is 0 Å². The molecular formula is C4H11NaO3SSi. The molecule has 0 unspecified atom stereocenters. The average molecular weight is 190 g/mol. The molecule has 10 heavy (non-hydrogen) atoms. The van der Waals surface area contributed by atoms with Crippen molar-refractivity contribution in [2.45, 2.75) is 19.0 Å². The summed E-state index contributed by atoms with van der Waals surface area (Å²) in [6.45, 7) is 2.09. The van der Waals surface area contributed by atoms with E-state index in [1.807, 2.05) is 0 Å². The van der Waals surface area contributed by atoms with Crippen molar-refractivity contribution in [3.05, 3.63) is 0 Å². The summed E-state index contributed by atoms with van der Waals surface area (Å²) >= 11 is 0. The van der Waals surface area contributed by atoms with E-state index in [0.29, 0.717) is 6.42 Å². The Bertz CT molecular complexity index is 156. The quantitative estimate of drug-likeness (QED) is 0.263. The fraction of sp³-hybridized carbons (Fsp3) is 1.00. The molecule has 0 rings (SSSR count). The Morgan fingerprint density at radius 2 is 2.00 bits per heavy atom. The van der Waals surface area contributed by atoms with Gasteiger partial charge in [0.2, 0.25) is 0 Å². The molecule has 0 atom stereocenters. The molecule has 0 aliphatic heterocycles. The molecule has 0 fully saturated rings. The standard InChI is InChI=1S/C4H12O3SSi.Na/c1-9-4-2-3-8(5,6)7;/h2-4,9H2,1H3,(H,5,6,7);/q;+1/p-1. The summed E-state index contributed by atoms with van der Waals surface area (Å²) < 4.78 is 29.9. The molecule has 0 aliphatic rings. The van der Waals surface area contributed by atoms with Crippen molar-refractivity contribution in [2.24, 2.45) is 0 Å². The number of hydrogen-bond acceptors (Lipinski definition) is 3. The van der Waals surface area contributed by atoms with E-state index in [9.17, 15) is 13.0 Å². The molecule has 0 radical (unpaired) electrons. The van der Waals surface area contributed by atoms with Crippen LogP contribution in [0.1, 0.15) is 6.42 Å². The third-order valence-electron chi connectivity index (χ3n) is 0.998. The molecule has 0 aromatic rings. The van der Waals surface area contributed by atoms with Crippen LogP contribution in [0.3, 0.4) is 0 Å². The van der Waals surface area contributed by atoms with Crippen LogP contribution in [0.25, 0.3) is 0 Å². The molecule has 0 aliphatic carbocycles. The molecule has 0 N–H and O–H groups in total. The number of rotatable bonds is 4. The van der Waals surface area contributed by atoms with Crippen LogP contribution in [0.15, 0.2) is 0 Å². The van der Waals surface area contributed by atoms with Crippen molar-refractivity contribution < 1.29 is 42.5 Å². The number of hydrogen-bond donors (Lipinski definition) is 0. The first-order chi connectivity index (χ1) is 4.06. The van der Waals surface area contributed by atoms with Gasteiger partial charge in [0.15, 0.2) is 0 Å². The second kappa shape index (κ2) is 6.81. The normalized spacial score (nSPS) is 11.8. The van der Waals surface area contributed by atoms with Gasteiger partial charge in [-0.15, -0.1) is 0 Å². The fourth-order valence-electron chi connectivity index (χ4n) is 0.529. The first-order valence-corrected chi connectivity index (χ1v) is 6.99. The van der Waals surface area contributed by atoms with E-state index in [2.05, 4.69) is 6.55 Å². The maximum absolute atomic E-state index is 9.97. The zero-order chi connectivity index (χ0) is 7.33. The minimum absolute atomic E-state index is 0. The van der Waals surface area contributed by atoms with Gasteiger partial charge in [0.1, 0.15) is 0 Å². The van der Waals surface area contributed by atoms with Gasteiger partial charge in [0.05, 0.1) is 10.1 Å². The summed E-state index contributed by atoms with van der Waals surface area (Å²) in [6.07, 6.45) is 0.564. The summed E-state index contributed by atoms with van der Waals surface area (Å²) in [7, 11) is -3.98. The van der Waals surface area contributed by atoms with Crippen LogP contribution in [-0.2, 0) is 10.1 Å². The SMILES string of the molecule is C[SiH2]CCCS(=O)(=O)[O-].[Na+]. The van der Waals surface area contributed by atoms with E-state index in [1.54, 1.807) is 0 Å². The molecule has 0 bridgehead atoms. The Kier molecular flexibility index (Phi) is 9.33. The zero-order valence-electron chi connectivity index (χ0n) is 6.46. The minimum Gasteiger partial charge on any atom is -0.748 e. The summed E-state index contributed by atoms with van der Waals surface area (Å²) in [6, 6.07) is 0.960. The smallest absolute Gasteiger partial charge is 0.748 e. The molecule has 0 aromatic heterocycles. The third-order valence-corrected chi connectivity index (χ3v) is 2.99. The molecule has 0 aromatic carbocycles. The first kappa shape index (κ1) is 13.7. The zero-order valence-corrected chi connectivity index (χ0v) is 10.7. The van der Waals surface area contributed by atoms with Crippen LogP contribution in [-0.4, -0.2) is 28.2 Å². The van der Waals surface area contributed by atoms with E-state index >= 15 is 0 Å². The Balaban J connectivity index is 0. The van der Waals surface area contributed by atoms with Crippen molar-refractivity contribution in [1.82, 2.24) is 0 Å². The van der Waals surface area contributed by atoms with E-state index in [4.69, 9.17) is 0 Å². The predicted octanol–water partition coefficient (Wildman–Crippen LogP) is -3.44. The van der Waals surface area contributed by atoms with Crippen LogP contribution in [0, 0.1) is 0 Å². The van der Waals surface area contributed by atoms with Gasteiger partial charge in [-0.1, -0.05) is 12.6 Å². The molecule has 0 amide bonds. The Hall–Kier alpha value is 1.13. The van der Waals surface area contributed by atoms with E-state index in [-0.39, 0.29) is 44.8 Å². The summed E-state index contributed by atoms with van der Waals surface area (Å²) in [4.78, 5) is 0. The van der Waals surface area contributed by atoms with Gasteiger partial charge in [0.25, 0.3) is 0 Å². The predicted molar refractivity (Wildman–Crippen MR) is 38.4 cm³/mol. The van der Waals surface area contributed by atoms with E-state index < -0.39 is 10.1 Å². The van der Waals surface area contributed by atoms with Crippen LogP contribution < -0.4 is 29.6 Å². The Morgan fingerprint density at radius 3 is 2.30 bits per heavy atom. The maximum Gasteiger partial charge on any atom is 1.00 e. The van der Waals surface area contributed by atoms with Gasteiger partial charge in [-0.3, -0.25) is 0 Å². The van der Waals surface area contributed by atoms with Gasteiger partial charge in [-0.05, 0) is 6.42 Å². The van der Waals surface area contributed by atoms with Crippen molar-refractivity contribution >= 4 is 19.6 Å². The molecule has 56 valence electrons.